The second-order valence-electron chi connectivity index (χ2n) is 4.77. The number of nitrogens with one attached hydrogen (secondary N) is 1. The van der Waals surface area contributed by atoms with Gasteiger partial charge in [0.25, 0.3) is 0 Å². The molecule has 0 saturated heterocycles. The molecule has 3 heterocycles. The molecule has 0 unspecified atom stereocenters. The van der Waals surface area contributed by atoms with E-state index in [2.05, 4.69) is 27.3 Å². The van der Waals surface area contributed by atoms with Crippen LogP contribution < -0.4 is 5.32 Å². The predicted octanol–water partition coefficient (Wildman–Crippen LogP) is 2.49. The highest BCUT2D eigenvalue weighted by atomic mass is 15.3. The van der Waals surface area contributed by atoms with Gasteiger partial charge in [0.15, 0.2) is 0 Å². The van der Waals surface area contributed by atoms with Gasteiger partial charge in [-0.25, -0.2) is 9.97 Å². The fraction of sp³-hybridized carbons (Fsp3) is 0.267. The Bertz CT molecular complexity index is 669. The number of hydrogen-bond donors (Lipinski definition) is 1. The molecule has 0 radical (unpaired) electrons. The largest absolute Gasteiger partial charge is 0.378 e. The molecule has 0 atom stereocenters. The zero-order valence-corrected chi connectivity index (χ0v) is 12.0. The highest BCUT2D eigenvalue weighted by Crippen LogP contribution is 2.11. The number of aryl methyl sites for hydroxylation is 1. The molecule has 108 valence electrons. The van der Waals surface area contributed by atoms with Crippen LogP contribution in [0.4, 0.5) is 5.69 Å². The van der Waals surface area contributed by atoms with Crippen LogP contribution in [0.2, 0.25) is 0 Å². The first kappa shape index (κ1) is 13.4. The normalized spacial score (nSPS) is 10.7. The van der Waals surface area contributed by atoms with Crippen molar-refractivity contribution >= 4 is 5.69 Å². The molecule has 0 spiro atoms. The second kappa shape index (κ2) is 6.21. The van der Waals surface area contributed by atoms with Gasteiger partial charge in [0.05, 0.1) is 24.1 Å². The Labute approximate surface area is 123 Å². The summed E-state index contributed by atoms with van der Waals surface area (Å²) in [6, 6.07) is 6.02. The second-order valence-corrected chi connectivity index (χ2v) is 4.77. The number of pyridine rings is 1. The SMILES string of the molecule is CCCn1nccc1CNc1ccc(-n2ccnc2)nc1. The monoisotopic (exact) mass is 282 g/mol. The number of nitrogens with zero attached hydrogens (tertiary/aromatic N) is 5. The average Bonchev–Trinajstić information content (AvgIpc) is 3.18. The minimum atomic E-state index is 0.742. The van der Waals surface area contributed by atoms with Crippen molar-refractivity contribution in [2.24, 2.45) is 0 Å². The van der Waals surface area contributed by atoms with Gasteiger partial charge in [0.1, 0.15) is 12.1 Å². The van der Waals surface area contributed by atoms with Gasteiger partial charge in [-0.05, 0) is 24.6 Å². The maximum absolute atomic E-state index is 4.42. The Hall–Kier alpha value is -2.63. The molecule has 6 heteroatoms. The van der Waals surface area contributed by atoms with Gasteiger partial charge in [0.2, 0.25) is 0 Å². The Morgan fingerprint density at radius 3 is 2.86 bits per heavy atom. The molecule has 0 aliphatic rings. The van der Waals surface area contributed by atoms with Crippen LogP contribution in [0.5, 0.6) is 0 Å². The van der Waals surface area contributed by atoms with Crippen LogP contribution in [-0.4, -0.2) is 24.3 Å². The molecule has 0 aromatic carbocycles. The molecule has 6 nitrogen and oxygen atoms in total. The molecule has 3 aromatic rings. The van der Waals surface area contributed by atoms with Crippen LogP contribution in [0.25, 0.3) is 5.82 Å². The van der Waals surface area contributed by atoms with E-state index in [0.29, 0.717) is 0 Å². The zero-order chi connectivity index (χ0) is 14.5. The van der Waals surface area contributed by atoms with E-state index in [0.717, 1.165) is 31.0 Å². The van der Waals surface area contributed by atoms with Crippen molar-refractivity contribution in [2.75, 3.05) is 5.32 Å². The number of imidazole rings is 1. The minimum Gasteiger partial charge on any atom is -0.378 e. The van der Waals surface area contributed by atoms with Gasteiger partial charge < -0.3 is 5.32 Å². The molecule has 0 aliphatic heterocycles. The molecule has 21 heavy (non-hydrogen) atoms. The van der Waals surface area contributed by atoms with Gasteiger partial charge in [-0.3, -0.25) is 9.25 Å². The topological polar surface area (TPSA) is 60.6 Å². The van der Waals surface area contributed by atoms with E-state index in [1.54, 1.807) is 12.5 Å². The lowest BCUT2D eigenvalue weighted by Gasteiger charge is -2.09. The van der Waals surface area contributed by atoms with E-state index in [4.69, 9.17) is 0 Å². The fourth-order valence-electron chi connectivity index (χ4n) is 2.15. The van der Waals surface area contributed by atoms with E-state index in [9.17, 15) is 0 Å². The van der Waals surface area contributed by atoms with Gasteiger partial charge in [-0.2, -0.15) is 5.10 Å². The van der Waals surface area contributed by atoms with Crippen molar-refractivity contribution < 1.29 is 0 Å². The van der Waals surface area contributed by atoms with E-state index in [1.807, 2.05) is 46.0 Å². The van der Waals surface area contributed by atoms with Crippen molar-refractivity contribution in [3.05, 3.63) is 55.0 Å². The van der Waals surface area contributed by atoms with Crippen LogP contribution in [0.3, 0.4) is 0 Å². The molecular weight excluding hydrogens is 264 g/mol. The summed E-state index contributed by atoms with van der Waals surface area (Å²) in [5.41, 5.74) is 2.17. The van der Waals surface area contributed by atoms with Gasteiger partial charge in [-0.1, -0.05) is 6.92 Å². The third kappa shape index (κ3) is 3.10. The predicted molar refractivity (Wildman–Crippen MR) is 81.2 cm³/mol. The Morgan fingerprint density at radius 1 is 1.19 bits per heavy atom. The molecule has 3 rings (SSSR count). The van der Waals surface area contributed by atoms with Crippen LogP contribution >= 0.6 is 0 Å². The lowest BCUT2D eigenvalue weighted by atomic mass is 10.3. The highest BCUT2D eigenvalue weighted by molar-refractivity contribution is 5.43. The van der Waals surface area contributed by atoms with Crippen molar-refractivity contribution in [3.63, 3.8) is 0 Å². The Kier molecular flexibility index (Phi) is 3.95. The summed E-state index contributed by atoms with van der Waals surface area (Å²) in [6.07, 6.45) is 10.1. The van der Waals surface area contributed by atoms with Gasteiger partial charge in [-0.15, -0.1) is 0 Å². The van der Waals surface area contributed by atoms with Crippen molar-refractivity contribution in [1.82, 2.24) is 24.3 Å². The molecule has 0 aliphatic carbocycles. The van der Waals surface area contributed by atoms with E-state index in [-0.39, 0.29) is 0 Å². The number of aromatic nitrogens is 5. The molecular formula is C15H18N6. The summed E-state index contributed by atoms with van der Waals surface area (Å²) in [6.45, 7) is 3.84. The standard InChI is InChI=1S/C15H18N6/c1-2-8-21-14(5-6-19-21)11-17-13-3-4-15(18-10-13)20-9-7-16-12-20/h3-7,9-10,12,17H,2,8,11H2,1H3. The summed E-state index contributed by atoms with van der Waals surface area (Å²) in [5.74, 6) is 0.856. The average molecular weight is 282 g/mol. The van der Waals surface area contributed by atoms with Gasteiger partial charge >= 0.3 is 0 Å². The summed E-state index contributed by atoms with van der Waals surface area (Å²) in [4.78, 5) is 8.43. The maximum Gasteiger partial charge on any atom is 0.137 e. The number of hydrogen-bond acceptors (Lipinski definition) is 4. The van der Waals surface area contributed by atoms with E-state index in [1.165, 1.54) is 5.69 Å². The summed E-state index contributed by atoms with van der Waals surface area (Å²) in [5, 5.41) is 7.69. The minimum absolute atomic E-state index is 0.742. The van der Waals surface area contributed by atoms with Crippen molar-refractivity contribution in [3.8, 4) is 5.82 Å². The third-order valence-electron chi connectivity index (χ3n) is 3.23. The summed E-state index contributed by atoms with van der Waals surface area (Å²) < 4.78 is 3.90. The van der Waals surface area contributed by atoms with Crippen LogP contribution in [0.1, 0.15) is 19.0 Å². The highest BCUT2D eigenvalue weighted by Gasteiger charge is 2.02. The molecule has 3 aromatic heterocycles. The number of rotatable bonds is 6. The van der Waals surface area contributed by atoms with Crippen LogP contribution in [0.15, 0.2) is 49.3 Å². The first-order valence-electron chi connectivity index (χ1n) is 7.06. The van der Waals surface area contributed by atoms with E-state index < -0.39 is 0 Å². The molecule has 0 amide bonds. The first-order chi connectivity index (χ1) is 10.4. The van der Waals surface area contributed by atoms with Crippen LogP contribution in [0, 0.1) is 0 Å². The van der Waals surface area contributed by atoms with Crippen molar-refractivity contribution in [2.45, 2.75) is 26.4 Å². The van der Waals surface area contributed by atoms with Crippen LogP contribution in [-0.2, 0) is 13.1 Å². The fourth-order valence-corrected chi connectivity index (χ4v) is 2.15. The maximum atomic E-state index is 4.42. The smallest absolute Gasteiger partial charge is 0.137 e. The first-order valence-corrected chi connectivity index (χ1v) is 7.06. The lowest BCUT2D eigenvalue weighted by Crippen LogP contribution is -2.09. The quantitative estimate of drug-likeness (QED) is 0.754. The molecule has 0 saturated carbocycles. The lowest BCUT2D eigenvalue weighted by molar-refractivity contribution is 0.578. The van der Waals surface area contributed by atoms with Crippen molar-refractivity contribution in [1.29, 1.82) is 0 Å². The molecule has 0 fully saturated rings. The summed E-state index contributed by atoms with van der Waals surface area (Å²) >= 11 is 0. The molecule has 1 N–H and O–H groups in total. The van der Waals surface area contributed by atoms with E-state index >= 15 is 0 Å². The Morgan fingerprint density at radius 2 is 2.14 bits per heavy atom. The number of anilines is 1. The summed E-state index contributed by atoms with van der Waals surface area (Å²) in [7, 11) is 0. The zero-order valence-electron chi connectivity index (χ0n) is 12.0. The molecule has 0 bridgehead atoms. The van der Waals surface area contributed by atoms with Gasteiger partial charge in [0, 0.05) is 25.1 Å². The Balaban J connectivity index is 1.64. The third-order valence-corrected chi connectivity index (χ3v) is 3.23.